The number of rotatable bonds is 7. The van der Waals surface area contributed by atoms with Crippen LogP contribution in [0.15, 0.2) is 0 Å². The number of sulfone groups is 1. The lowest BCUT2D eigenvalue weighted by Gasteiger charge is -2.25. The number of aliphatic carboxylic acids is 1. The molecule has 0 aromatic carbocycles. The van der Waals surface area contributed by atoms with Crippen molar-refractivity contribution in [3.63, 3.8) is 0 Å². The zero-order chi connectivity index (χ0) is 15.5. The monoisotopic (exact) mass is 317 g/mol. The summed E-state index contributed by atoms with van der Waals surface area (Å²) in [6, 6.07) is -0.294. The zero-order valence-corrected chi connectivity index (χ0v) is 12.7. The van der Waals surface area contributed by atoms with Gasteiger partial charge in [-0.25, -0.2) is 13.1 Å². The van der Waals surface area contributed by atoms with E-state index in [0.717, 1.165) is 6.42 Å². The van der Waals surface area contributed by atoms with Crippen molar-refractivity contribution in [2.24, 2.45) is 0 Å². The number of nitrogens with zero attached hydrogens (tertiary/aromatic N) is 5. The van der Waals surface area contributed by atoms with E-state index in [1.807, 2.05) is 6.92 Å². The molecule has 1 aliphatic rings. The first kappa shape index (κ1) is 15.8. The van der Waals surface area contributed by atoms with Gasteiger partial charge in [0.05, 0.1) is 24.6 Å². The molecule has 0 radical (unpaired) electrons. The third kappa shape index (κ3) is 4.21. The summed E-state index contributed by atoms with van der Waals surface area (Å²) in [6.07, 6.45) is 1.31. The highest BCUT2D eigenvalue weighted by Crippen LogP contribution is 2.19. The minimum atomic E-state index is -3.07. The van der Waals surface area contributed by atoms with Gasteiger partial charge < -0.3 is 5.11 Å². The van der Waals surface area contributed by atoms with Crippen molar-refractivity contribution in [2.75, 3.05) is 18.1 Å². The predicted molar refractivity (Wildman–Crippen MR) is 73.2 cm³/mol. The Hall–Kier alpha value is -1.55. The van der Waals surface area contributed by atoms with Crippen LogP contribution in [-0.2, 0) is 27.7 Å². The summed E-state index contributed by atoms with van der Waals surface area (Å²) in [5.41, 5.74) is 0. The summed E-state index contributed by atoms with van der Waals surface area (Å²) < 4.78 is 24.8. The Bertz CT molecular complexity index is 600. The Morgan fingerprint density at radius 1 is 1.52 bits per heavy atom. The molecule has 2 heterocycles. The molecule has 0 amide bonds. The van der Waals surface area contributed by atoms with E-state index in [0.29, 0.717) is 18.8 Å². The molecule has 2 rings (SSSR count). The van der Waals surface area contributed by atoms with E-state index in [1.54, 1.807) is 9.58 Å². The van der Waals surface area contributed by atoms with Crippen LogP contribution in [-0.4, -0.2) is 68.7 Å². The van der Waals surface area contributed by atoms with Crippen molar-refractivity contribution in [2.45, 2.75) is 38.9 Å². The highest BCUT2D eigenvalue weighted by Gasteiger charge is 2.33. The lowest BCUT2D eigenvalue weighted by atomic mass is 10.2. The number of aryl methyl sites for hydroxylation is 1. The first-order chi connectivity index (χ1) is 9.91. The Kier molecular flexibility index (Phi) is 4.88. The van der Waals surface area contributed by atoms with E-state index < -0.39 is 15.8 Å². The topological polar surface area (TPSA) is 118 Å². The molecule has 0 bridgehead atoms. The molecular weight excluding hydrogens is 298 g/mol. The maximum Gasteiger partial charge on any atom is 0.317 e. The molecule has 10 heteroatoms. The van der Waals surface area contributed by atoms with Gasteiger partial charge in [-0.15, -0.1) is 5.10 Å². The Balaban J connectivity index is 2.13. The first-order valence-corrected chi connectivity index (χ1v) is 8.64. The number of aromatic nitrogens is 4. The van der Waals surface area contributed by atoms with Crippen molar-refractivity contribution in [1.82, 2.24) is 25.1 Å². The van der Waals surface area contributed by atoms with Gasteiger partial charge in [0.2, 0.25) is 0 Å². The average molecular weight is 317 g/mol. The second kappa shape index (κ2) is 6.48. The average Bonchev–Trinajstić information content (AvgIpc) is 2.95. The molecule has 21 heavy (non-hydrogen) atoms. The first-order valence-electron chi connectivity index (χ1n) is 6.82. The fourth-order valence-corrected chi connectivity index (χ4v) is 4.22. The van der Waals surface area contributed by atoms with Gasteiger partial charge in [0.1, 0.15) is 0 Å². The molecule has 0 aliphatic carbocycles. The Morgan fingerprint density at radius 2 is 2.29 bits per heavy atom. The SMILES string of the molecule is CCCn1nnnc1CN(CC(=O)O)C1CCS(=O)(=O)C1. The lowest BCUT2D eigenvalue weighted by Crippen LogP contribution is -2.40. The summed E-state index contributed by atoms with van der Waals surface area (Å²) in [4.78, 5) is 12.6. The van der Waals surface area contributed by atoms with Crippen LogP contribution < -0.4 is 0 Å². The van der Waals surface area contributed by atoms with Gasteiger partial charge in [-0.3, -0.25) is 9.69 Å². The minimum absolute atomic E-state index is 0.00434. The number of carboxylic acid groups (broad SMARTS) is 1. The van der Waals surface area contributed by atoms with Gasteiger partial charge in [0, 0.05) is 12.6 Å². The molecule has 0 saturated carbocycles. The van der Waals surface area contributed by atoms with Gasteiger partial charge in [-0.2, -0.15) is 0 Å². The third-order valence-electron chi connectivity index (χ3n) is 3.45. The van der Waals surface area contributed by atoms with Crippen LogP contribution in [0.2, 0.25) is 0 Å². The highest BCUT2D eigenvalue weighted by molar-refractivity contribution is 7.91. The summed E-state index contributed by atoms with van der Waals surface area (Å²) >= 11 is 0. The van der Waals surface area contributed by atoms with E-state index in [2.05, 4.69) is 15.5 Å². The Morgan fingerprint density at radius 3 is 2.86 bits per heavy atom. The van der Waals surface area contributed by atoms with Crippen molar-refractivity contribution in [3.8, 4) is 0 Å². The molecule has 0 spiro atoms. The second-order valence-electron chi connectivity index (χ2n) is 5.17. The normalized spacial score (nSPS) is 21.0. The van der Waals surface area contributed by atoms with Crippen molar-refractivity contribution in [3.05, 3.63) is 5.82 Å². The summed E-state index contributed by atoms with van der Waals surface area (Å²) in [6.45, 7) is 2.65. The van der Waals surface area contributed by atoms with Crippen LogP contribution in [0.5, 0.6) is 0 Å². The predicted octanol–water partition coefficient (Wildman–Crippen LogP) is -0.843. The molecule has 1 unspecified atom stereocenters. The quantitative estimate of drug-likeness (QED) is 0.691. The molecule has 1 aromatic rings. The van der Waals surface area contributed by atoms with Gasteiger partial charge in [0.15, 0.2) is 15.7 Å². The van der Waals surface area contributed by atoms with Crippen LogP contribution in [0.1, 0.15) is 25.6 Å². The maximum atomic E-state index is 11.6. The van der Waals surface area contributed by atoms with E-state index >= 15 is 0 Å². The van der Waals surface area contributed by atoms with E-state index in [1.165, 1.54) is 0 Å². The largest absolute Gasteiger partial charge is 0.480 e. The van der Waals surface area contributed by atoms with E-state index in [-0.39, 0.29) is 30.6 Å². The fraction of sp³-hybridized carbons (Fsp3) is 0.818. The van der Waals surface area contributed by atoms with Crippen molar-refractivity contribution in [1.29, 1.82) is 0 Å². The molecule has 9 nitrogen and oxygen atoms in total. The van der Waals surface area contributed by atoms with Crippen LogP contribution >= 0.6 is 0 Å². The number of hydrogen-bond donors (Lipinski definition) is 1. The second-order valence-corrected chi connectivity index (χ2v) is 7.40. The van der Waals surface area contributed by atoms with Crippen molar-refractivity contribution < 1.29 is 18.3 Å². The number of carbonyl (C=O) groups is 1. The summed E-state index contributed by atoms with van der Waals surface area (Å²) in [5, 5.41) is 20.4. The highest BCUT2D eigenvalue weighted by atomic mass is 32.2. The fourth-order valence-electron chi connectivity index (χ4n) is 2.45. The summed E-state index contributed by atoms with van der Waals surface area (Å²) in [5.74, 6) is -0.334. The third-order valence-corrected chi connectivity index (χ3v) is 5.20. The lowest BCUT2D eigenvalue weighted by molar-refractivity contribution is -0.139. The van der Waals surface area contributed by atoms with Crippen LogP contribution in [0.3, 0.4) is 0 Å². The van der Waals surface area contributed by atoms with Crippen LogP contribution in [0, 0.1) is 0 Å². The molecule has 1 aliphatic heterocycles. The van der Waals surface area contributed by atoms with Gasteiger partial charge in [0.25, 0.3) is 0 Å². The molecule has 1 N–H and O–H groups in total. The zero-order valence-electron chi connectivity index (χ0n) is 11.8. The Labute approximate surface area is 122 Å². The maximum absolute atomic E-state index is 11.6. The van der Waals surface area contributed by atoms with E-state index in [9.17, 15) is 13.2 Å². The van der Waals surface area contributed by atoms with Crippen molar-refractivity contribution >= 4 is 15.8 Å². The minimum Gasteiger partial charge on any atom is -0.480 e. The summed E-state index contributed by atoms with van der Waals surface area (Å²) in [7, 11) is -3.07. The molecule has 1 atom stereocenters. The van der Waals surface area contributed by atoms with Crippen LogP contribution in [0.4, 0.5) is 0 Å². The number of tetrazole rings is 1. The van der Waals surface area contributed by atoms with Gasteiger partial charge in [-0.1, -0.05) is 6.92 Å². The molecule has 118 valence electrons. The molecule has 1 saturated heterocycles. The molecule has 1 fully saturated rings. The smallest absolute Gasteiger partial charge is 0.317 e. The van der Waals surface area contributed by atoms with Crippen LogP contribution in [0.25, 0.3) is 0 Å². The standard InChI is InChI=1S/C11H19N5O4S/c1-2-4-16-10(12-13-14-16)6-15(7-11(17)18)9-3-5-21(19,20)8-9/h9H,2-8H2,1H3,(H,17,18). The number of hydrogen-bond acceptors (Lipinski definition) is 7. The van der Waals surface area contributed by atoms with Gasteiger partial charge in [-0.05, 0) is 23.3 Å². The molecular formula is C11H19N5O4S. The number of carboxylic acids is 1. The van der Waals surface area contributed by atoms with E-state index in [4.69, 9.17) is 5.11 Å². The molecule has 1 aromatic heterocycles. The van der Waals surface area contributed by atoms with Gasteiger partial charge >= 0.3 is 5.97 Å².